The van der Waals surface area contributed by atoms with Crippen LogP contribution in [0.3, 0.4) is 0 Å². The molecule has 2 fully saturated rings. The SMILES string of the molecule is O=S(=O)(F)C(C1CC1)C1CC1. The van der Waals surface area contributed by atoms with Crippen molar-refractivity contribution in [3.8, 4) is 0 Å². The molecule has 2 nitrogen and oxygen atoms in total. The van der Waals surface area contributed by atoms with Crippen LogP contribution in [-0.2, 0) is 10.2 Å². The molecule has 0 N–H and O–H groups in total. The van der Waals surface area contributed by atoms with Crippen LogP contribution in [0.5, 0.6) is 0 Å². The standard InChI is InChI=1S/C7H11FO2S/c8-11(9,10)7(5-1-2-5)6-3-4-6/h5-7H,1-4H2. The van der Waals surface area contributed by atoms with Gasteiger partial charge in [0.2, 0.25) is 0 Å². The molecule has 0 aliphatic heterocycles. The van der Waals surface area contributed by atoms with Crippen LogP contribution in [0, 0.1) is 11.8 Å². The van der Waals surface area contributed by atoms with Crippen LogP contribution < -0.4 is 0 Å². The van der Waals surface area contributed by atoms with Gasteiger partial charge in [-0.25, -0.2) is 0 Å². The van der Waals surface area contributed by atoms with Crippen molar-refractivity contribution in [2.24, 2.45) is 11.8 Å². The van der Waals surface area contributed by atoms with Gasteiger partial charge >= 0.3 is 10.2 Å². The van der Waals surface area contributed by atoms with Crippen LogP contribution in [0.1, 0.15) is 25.7 Å². The van der Waals surface area contributed by atoms with Gasteiger partial charge in [0.15, 0.2) is 0 Å². The Kier molecular flexibility index (Phi) is 1.50. The second kappa shape index (κ2) is 2.19. The lowest BCUT2D eigenvalue weighted by Crippen LogP contribution is -2.21. The summed E-state index contributed by atoms with van der Waals surface area (Å²) < 4.78 is 33.9. The third kappa shape index (κ3) is 1.55. The van der Waals surface area contributed by atoms with Gasteiger partial charge in [0, 0.05) is 0 Å². The molecule has 64 valence electrons. The van der Waals surface area contributed by atoms with Crippen LogP contribution in [-0.4, -0.2) is 13.7 Å². The van der Waals surface area contributed by atoms with Crippen LogP contribution >= 0.6 is 0 Å². The van der Waals surface area contributed by atoms with Crippen molar-refractivity contribution in [2.45, 2.75) is 30.9 Å². The predicted molar refractivity (Wildman–Crippen MR) is 39.3 cm³/mol. The Labute approximate surface area is 66.0 Å². The fourth-order valence-electron chi connectivity index (χ4n) is 1.69. The van der Waals surface area contributed by atoms with Crippen molar-refractivity contribution in [1.29, 1.82) is 0 Å². The third-order valence-corrected chi connectivity index (χ3v) is 3.92. The Balaban J connectivity index is 2.14. The van der Waals surface area contributed by atoms with E-state index in [1.807, 2.05) is 0 Å². The quantitative estimate of drug-likeness (QED) is 0.613. The molecule has 0 aromatic carbocycles. The molecule has 0 aromatic heterocycles. The minimum absolute atomic E-state index is 0.150. The highest BCUT2D eigenvalue weighted by atomic mass is 32.3. The number of rotatable bonds is 3. The first-order valence-electron chi connectivity index (χ1n) is 4.02. The Hall–Kier alpha value is -0.120. The second-order valence-electron chi connectivity index (χ2n) is 3.62. The van der Waals surface area contributed by atoms with E-state index < -0.39 is 15.5 Å². The average molecular weight is 178 g/mol. The highest BCUT2D eigenvalue weighted by Gasteiger charge is 2.49. The summed E-state index contributed by atoms with van der Waals surface area (Å²) in [4.78, 5) is 0. The maximum atomic E-state index is 12.6. The highest BCUT2D eigenvalue weighted by Crippen LogP contribution is 2.48. The minimum atomic E-state index is -4.24. The van der Waals surface area contributed by atoms with E-state index in [0.29, 0.717) is 0 Å². The molecule has 2 aliphatic rings. The van der Waals surface area contributed by atoms with Crippen LogP contribution in [0.4, 0.5) is 3.89 Å². The van der Waals surface area contributed by atoms with E-state index in [2.05, 4.69) is 0 Å². The Morgan fingerprint density at radius 1 is 1.09 bits per heavy atom. The normalized spacial score (nSPS) is 26.0. The van der Waals surface area contributed by atoms with Crippen molar-refractivity contribution in [2.75, 3.05) is 0 Å². The van der Waals surface area contributed by atoms with Gasteiger partial charge in [0.1, 0.15) is 0 Å². The molecule has 0 aromatic rings. The van der Waals surface area contributed by atoms with Crippen LogP contribution in [0.2, 0.25) is 0 Å². The predicted octanol–water partition coefficient (Wildman–Crippen LogP) is 1.47. The summed E-state index contributed by atoms with van der Waals surface area (Å²) in [5, 5.41) is -0.637. The second-order valence-corrected chi connectivity index (χ2v) is 5.11. The largest absolute Gasteiger partial charge is 0.305 e. The summed E-state index contributed by atoms with van der Waals surface area (Å²) in [5.74, 6) is 0.301. The van der Waals surface area contributed by atoms with E-state index in [1.54, 1.807) is 0 Å². The molecule has 4 heteroatoms. The zero-order chi connectivity index (χ0) is 8.06. The first-order chi connectivity index (χ1) is 5.09. The van der Waals surface area contributed by atoms with Gasteiger partial charge in [-0.15, -0.1) is 3.89 Å². The molecule has 11 heavy (non-hydrogen) atoms. The minimum Gasteiger partial charge on any atom is -0.195 e. The summed E-state index contributed by atoms with van der Waals surface area (Å²) in [6.45, 7) is 0. The maximum absolute atomic E-state index is 12.6. The Morgan fingerprint density at radius 2 is 1.45 bits per heavy atom. The maximum Gasteiger partial charge on any atom is 0.305 e. The van der Waals surface area contributed by atoms with E-state index in [0.717, 1.165) is 25.7 Å². The monoisotopic (exact) mass is 178 g/mol. The van der Waals surface area contributed by atoms with E-state index in [1.165, 1.54) is 0 Å². The molecule has 0 amide bonds. The lowest BCUT2D eigenvalue weighted by Gasteiger charge is -2.08. The Bertz CT molecular complexity index is 240. The van der Waals surface area contributed by atoms with E-state index >= 15 is 0 Å². The molecule has 0 saturated heterocycles. The molecule has 2 rings (SSSR count). The fourth-order valence-corrected chi connectivity index (χ4v) is 3.16. The topological polar surface area (TPSA) is 34.1 Å². The van der Waals surface area contributed by atoms with Crippen LogP contribution in [0.15, 0.2) is 0 Å². The highest BCUT2D eigenvalue weighted by molar-refractivity contribution is 7.87. The molecule has 0 atom stereocenters. The van der Waals surface area contributed by atoms with Crippen molar-refractivity contribution in [3.63, 3.8) is 0 Å². The molecule has 2 saturated carbocycles. The zero-order valence-electron chi connectivity index (χ0n) is 6.16. The summed E-state index contributed by atoms with van der Waals surface area (Å²) in [6, 6.07) is 0. The number of hydrogen-bond acceptors (Lipinski definition) is 2. The zero-order valence-corrected chi connectivity index (χ0v) is 6.98. The third-order valence-electron chi connectivity index (χ3n) is 2.50. The summed E-state index contributed by atoms with van der Waals surface area (Å²) in [5.41, 5.74) is 0. The lowest BCUT2D eigenvalue weighted by atomic mass is 10.2. The van der Waals surface area contributed by atoms with Crippen molar-refractivity contribution < 1.29 is 12.3 Å². The summed E-state index contributed by atoms with van der Waals surface area (Å²) in [6.07, 6.45) is 3.63. The first-order valence-corrected chi connectivity index (χ1v) is 5.47. The lowest BCUT2D eigenvalue weighted by molar-refractivity contribution is 0.506. The molecule has 0 heterocycles. The summed E-state index contributed by atoms with van der Waals surface area (Å²) in [7, 11) is -4.24. The van der Waals surface area contributed by atoms with Crippen molar-refractivity contribution in [3.05, 3.63) is 0 Å². The van der Waals surface area contributed by atoms with Gasteiger partial charge < -0.3 is 0 Å². The van der Waals surface area contributed by atoms with Gasteiger partial charge in [-0.2, -0.15) is 8.42 Å². The van der Waals surface area contributed by atoms with Gasteiger partial charge in [-0.1, -0.05) is 0 Å². The van der Waals surface area contributed by atoms with E-state index in [4.69, 9.17) is 0 Å². The van der Waals surface area contributed by atoms with Gasteiger partial charge in [-0.3, -0.25) is 0 Å². The molecule has 0 bridgehead atoms. The number of halogens is 1. The van der Waals surface area contributed by atoms with Crippen molar-refractivity contribution >= 4 is 10.2 Å². The molecular formula is C7H11FO2S. The van der Waals surface area contributed by atoms with E-state index in [-0.39, 0.29) is 11.8 Å². The Morgan fingerprint density at radius 3 is 1.64 bits per heavy atom. The van der Waals surface area contributed by atoms with Gasteiger partial charge in [-0.05, 0) is 37.5 Å². The van der Waals surface area contributed by atoms with Gasteiger partial charge in [0.25, 0.3) is 0 Å². The average Bonchev–Trinajstić information content (AvgIpc) is 2.50. The smallest absolute Gasteiger partial charge is 0.195 e. The molecule has 2 aliphatic carbocycles. The summed E-state index contributed by atoms with van der Waals surface area (Å²) >= 11 is 0. The number of hydrogen-bond donors (Lipinski definition) is 0. The first kappa shape index (κ1) is 7.53. The van der Waals surface area contributed by atoms with Gasteiger partial charge in [0.05, 0.1) is 5.25 Å². The van der Waals surface area contributed by atoms with Crippen LogP contribution in [0.25, 0.3) is 0 Å². The molecule has 0 spiro atoms. The van der Waals surface area contributed by atoms with Crippen molar-refractivity contribution in [1.82, 2.24) is 0 Å². The molecular weight excluding hydrogens is 167 g/mol. The molecule has 0 unspecified atom stereocenters. The van der Waals surface area contributed by atoms with E-state index in [9.17, 15) is 12.3 Å². The molecule has 0 radical (unpaired) electrons. The fraction of sp³-hybridized carbons (Fsp3) is 1.00.